The summed E-state index contributed by atoms with van der Waals surface area (Å²) < 4.78 is 16.2. The molecule has 22 heavy (non-hydrogen) atoms. The summed E-state index contributed by atoms with van der Waals surface area (Å²) in [7, 11) is 5.04. The molecule has 0 fully saturated rings. The summed E-state index contributed by atoms with van der Waals surface area (Å²) in [5.74, 6) is 2.07. The van der Waals surface area contributed by atoms with Crippen LogP contribution in [0.15, 0.2) is 23.2 Å². The van der Waals surface area contributed by atoms with E-state index in [2.05, 4.69) is 15.6 Å². The minimum Gasteiger partial charge on any atom is -0.493 e. The van der Waals surface area contributed by atoms with Gasteiger partial charge < -0.3 is 24.8 Å². The number of nitrogens with zero attached hydrogens (tertiary/aromatic N) is 1. The molecule has 2 N–H and O–H groups in total. The van der Waals surface area contributed by atoms with Crippen molar-refractivity contribution in [3.8, 4) is 11.5 Å². The van der Waals surface area contributed by atoms with Crippen molar-refractivity contribution in [1.82, 2.24) is 5.32 Å². The third-order valence-electron chi connectivity index (χ3n) is 3.18. The Morgan fingerprint density at radius 3 is 2.50 bits per heavy atom. The molecule has 0 aliphatic rings. The van der Waals surface area contributed by atoms with E-state index in [0.29, 0.717) is 30.6 Å². The Morgan fingerprint density at radius 1 is 1.23 bits per heavy atom. The molecule has 0 unspecified atom stereocenters. The molecule has 0 radical (unpaired) electrons. The summed E-state index contributed by atoms with van der Waals surface area (Å²) in [4.78, 5) is 4.21. The Hall–Kier alpha value is -1.95. The summed E-state index contributed by atoms with van der Waals surface area (Å²) in [5, 5.41) is 6.45. The van der Waals surface area contributed by atoms with Gasteiger partial charge in [-0.05, 0) is 32.9 Å². The quantitative estimate of drug-likeness (QED) is 0.598. The molecule has 0 bridgehead atoms. The van der Waals surface area contributed by atoms with Gasteiger partial charge in [-0.3, -0.25) is 4.99 Å². The second-order valence-electron chi connectivity index (χ2n) is 5.31. The number of aliphatic imine (C=N–C) groups is 1. The monoisotopic (exact) mass is 309 g/mol. The Balaban J connectivity index is 2.77. The van der Waals surface area contributed by atoms with Gasteiger partial charge in [0.25, 0.3) is 0 Å². The zero-order chi connectivity index (χ0) is 16.6. The second kappa shape index (κ2) is 8.48. The average Bonchev–Trinajstić information content (AvgIpc) is 2.52. The lowest BCUT2D eigenvalue weighted by molar-refractivity contribution is 0.0270. The van der Waals surface area contributed by atoms with Crippen LogP contribution >= 0.6 is 0 Å². The number of benzene rings is 1. The third-order valence-corrected chi connectivity index (χ3v) is 3.18. The fraction of sp³-hybridized carbons (Fsp3) is 0.562. The van der Waals surface area contributed by atoms with Crippen LogP contribution in [0.4, 0.5) is 5.69 Å². The molecule has 1 rings (SSSR count). The van der Waals surface area contributed by atoms with Gasteiger partial charge in [0.1, 0.15) is 0 Å². The molecule has 1 aromatic carbocycles. The van der Waals surface area contributed by atoms with Crippen molar-refractivity contribution in [3.63, 3.8) is 0 Å². The van der Waals surface area contributed by atoms with Gasteiger partial charge in [0.15, 0.2) is 17.5 Å². The van der Waals surface area contributed by atoms with Gasteiger partial charge in [-0.2, -0.15) is 0 Å². The highest BCUT2D eigenvalue weighted by atomic mass is 16.5. The zero-order valence-electron chi connectivity index (χ0n) is 14.3. The van der Waals surface area contributed by atoms with E-state index in [-0.39, 0.29) is 5.60 Å². The SMILES string of the molecule is CCOc1cc(NC(=NC)NCC(C)(C)OC)ccc1OC. The van der Waals surface area contributed by atoms with Crippen LogP contribution in [-0.2, 0) is 4.74 Å². The maximum absolute atomic E-state index is 5.57. The van der Waals surface area contributed by atoms with Crippen molar-refractivity contribution in [2.75, 3.05) is 39.7 Å². The lowest BCUT2D eigenvalue weighted by Crippen LogP contribution is -2.42. The molecule has 0 amide bonds. The van der Waals surface area contributed by atoms with E-state index in [1.807, 2.05) is 39.0 Å². The van der Waals surface area contributed by atoms with Crippen molar-refractivity contribution in [2.24, 2.45) is 4.99 Å². The van der Waals surface area contributed by atoms with Crippen LogP contribution in [0.3, 0.4) is 0 Å². The van der Waals surface area contributed by atoms with Crippen molar-refractivity contribution in [2.45, 2.75) is 26.4 Å². The van der Waals surface area contributed by atoms with Gasteiger partial charge in [0.2, 0.25) is 0 Å². The van der Waals surface area contributed by atoms with E-state index in [4.69, 9.17) is 14.2 Å². The Labute approximate surface area is 132 Å². The van der Waals surface area contributed by atoms with Gasteiger partial charge in [-0.25, -0.2) is 0 Å². The first-order valence-corrected chi connectivity index (χ1v) is 7.29. The van der Waals surface area contributed by atoms with Crippen molar-refractivity contribution in [1.29, 1.82) is 0 Å². The third kappa shape index (κ3) is 5.44. The number of hydrogen-bond donors (Lipinski definition) is 2. The van der Waals surface area contributed by atoms with Crippen LogP contribution in [0.25, 0.3) is 0 Å². The molecule has 0 aromatic heterocycles. The zero-order valence-corrected chi connectivity index (χ0v) is 14.3. The maximum atomic E-state index is 5.57. The fourth-order valence-electron chi connectivity index (χ4n) is 1.71. The number of nitrogens with one attached hydrogen (secondary N) is 2. The highest BCUT2D eigenvalue weighted by Gasteiger charge is 2.16. The largest absolute Gasteiger partial charge is 0.493 e. The molecule has 1 aromatic rings. The Morgan fingerprint density at radius 2 is 1.95 bits per heavy atom. The summed E-state index contributed by atoms with van der Waals surface area (Å²) in [6, 6.07) is 5.66. The summed E-state index contributed by atoms with van der Waals surface area (Å²) >= 11 is 0. The molecule has 0 heterocycles. The highest BCUT2D eigenvalue weighted by Crippen LogP contribution is 2.30. The molecule has 124 valence electrons. The van der Waals surface area contributed by atoms with Crippen LogP contribution in [0.5, 0.6) is 11.5 Å². The second-order valence-corrected chi connectivity index (χ2v) is 5.31. The van der Waals surface area contributed by atoms with Gasteiger partial charge in [0, 0.05) is 32.5 Å². The molecular formula is C16H27N3O3. The number of hydrogen-bond acceptors (Lipinski definition) is 4. The molecule has 0 aliphatic heterocycles. The number of methoxy groups -OCH3 is 2. The molecule has 0 aliphatic carbocycles. The predicted molar refractivity (Wildman–Crippen MR) is 90.2 cm³/mol. The van der Waals surface area contributed by atoms with E-state index < -0.39 is 0 Å². The number of ether oxygens (including phenoxy) is 3. The van der Waals surface area contributed by atoms with Crippen LogP contribution in [0.2, 0.25) is 0 Å². The van der Waals surface area contributed by atoms with Gasteiger partial charge in [0.05, 0.1) is 19.3 Å². The lowest BCUT2D eigenvalue weighted by Gasteiger charge is -2.24. The molecule has 0 saturated carbocycles. The number of guanidine groups is 1. The minimum absolute atomic E-state index is 0.270. The summed E-state index contributed by atoms with van der Waals surface area (Å²) in [6.45, 7) is 7.17. The lowest BCUT2D eigenvalue weighted by atomic mass is 10.1. The molecule has 0 atom stereocenters. The Bertz CT molecular complexity index is 501. The number of anilines is 1. The maximum Gasteiger partial charge on any atom is 0.195 e. The van der Waals surface area contributed by atoms with Crippen LogP contribution in [0, 0.1) is 0 Å². The van der Waals surface area contributed by atoms with Gasteiger partial charge in [-0.15, -0.1) is 0 Å². The van der Waals surface area contributed by atoms with E-state index in [9.17, 15) is 0 Å². The van der Waals surface area contributed by atoms with Crippen molar-refractivity contribution in [3.05, 3.63) is 18.2 Å². The van der Waals surface area contributed by atoms with Gasteiger partial charge in [-0.1, -0.05) is 0 Å². The van der Waals surface area contributed by atoms with E-state index in [0.717, 1.165) is 5.69 Å². The topological polar surface area (TPSA) is 64.1 Å². The van der Waals surface area contributed by atoms with Crippen LogP contribution < -0.4 is 20.1 Å². The molecular weight excluding hydrogens is 282 g/mol. The van der Waals surface area contributed by atoms with Crippen molar-refractivity contribution < 1.29 is 14.2 Å². The van der Waals surface area contributed by atoms with Gasteiger partial charge >= 0.3 is 0 Å². The molecule has 0 saturated heterocycles. The summed E-state index contributed by atoms with van der Waals surface area (Å²) in [6.07, 6.45) is 0. The highest BCUT2D eigenvalue weighted by molar-refractivity contribution is 5.93. The first-order valence-electron chi connectivity index (χ1n) is 7.29. The minimum atomic E-state index is -0.270. The normalized spacial score (nSPS) is 12.0. The number of rotatable bonds is 7. The van der Waals surface area contributed by atoms with Crippen LogP contribution in [-0.4, -0.2) is 46.0 Å². The molecule has 0 spiro atoms. The smallest absolute Gasteiger partial charge is 0.195 e. The standard InChI is InChI=1S/C16H27N3O3/c1-7-22-14-10-12(8-9-13(14)20-5)19-15(17-4)18-11-16(2,3)21-6/h8-10H,7,11H2,1-6H3,(H2,17,18,19). The van der Waals surface area contributed by atoms with Crippen molar-refractivity contribution >= 4 is 11.6 Å². The fourth-order valence-corrected chi connectivity index (χ4v) is 1.71. The first kappa shape index (κ1) is 18.1. The van der Waals surface area contributed by atoms with Crippen LogP contribution in [0.1, 0.15) is 20.8 Å². The van der Waals surface area contributed by atoms with E-state index in [1.165, 1.54) is 0 Å². The molecule has 6 heteroatoms. The predicted octanol–water partition coefficient (Wildman–Crippen LogP) is 2.51. The van der Waals surface area contributed by atoms with E-state index in [1.54, 1.807) is 21.3 Å². The molecule has 6 nitrogen and oxygen atoms in total. The Kier molecular flexibility index (Phi) is 6.98. The summed E-state index contributed by atoms with van der Waals surface area (Å²) in [5.41, 5.74) is 0.598. The van der Waals surface area contributed by atoms with E-state index >= 15 is 0 Å². The average molecular weight is 309 g/mol. The first-order chi connectivity index (χ1) is 10.5.